The van der Waals surface area contributed by atoms with Crippen molar-refractivity contribution in [1.29, 1.82) is 0 Å². The molecule has 2 fully saturated rings. The lowest BCUT2D eigenvalue weighted by Gasteiger charge is -2.32. The van der Waals surface area contributed by atoms with Gasteiger partial charge in [-0.3, -0.25) is 14.6 Å². The zero-order chi connectivity index (χ0) is 34.1. The van der Waals surface area contributed by atoms with Crippen molar-refractivity contribution in [3.8, 4) is 22.9 Å². The second kappa shape index (κ2) is 13.2. The number of aliphatic hydroxyl groups excluding tert-OH is 1. The van der Waals surface area contributed by atoms with Crippen LogP contribution in [-0.4, -0.2) is 107 Å². The minimum absolute atomic E-state index is 0.110. The summed E-state index contributed by atoms with van der Waals surface area (Å²) in [5.74, 6) is -2.58. The van der Waals surface area contributed by atoms with Crippen molar-refractivity contribution in [2.24, 2.45) is 0 Å². The molecule has 0 bridgehead atoms. The van der Waals surface area contributed by atoms with E-state index in [-0.39, 0.29) is 34.5 Å². The fourth-order valence-corrected chi connectivity index (χ4v) is 6.88. The van der Waals surface area contributed by atoms with E-state index in [0.717, 1.165) is 17.0 Å². The number of alkyl halides is 3. The van der Waals surface area contributed by atoms with Gasteiger partial charge in [-0.15, -0.1) is 0 Å². The van der Waals surface area contributed by atoms with Crippen LogP contribution in [0.4, 0.5) is 18.0 Å². The maximum absolute atomic E-state index is 14.2. The zero-order valence-electron chi connectivity index (χ0n) is 25.9. The number of amides is 3. The van der Waals surface area contributed by atoms with Gasteiger partial charge in [-0.1, -0.05) is 17.3 Å². The quantitative estimate of drug-likeness (QED) is 0.295. The normalized spacial score (nSPS) is 18.2. The van der Waals surface area contributed by atoms with Crippen LogP contribution in [0, 0.1) is 0 Å². The number of carbonyl (C=O) groups excluding carboxylic acids is 2. The third-order valence-electron chi connectivity index (χ3n) is 7.82. The predicted molar refractivity (Wildman–Crippen MR) is 159 cm³/mol. The average Bonchev–Trinajstić information content (AvgIpc) is 3.53. The van der Waals surface area contributed by atoms with Crippen LogP contribution in [0.2, 0.25) is 0 Å². The molecule has 5 rings (SSSR count). The summed E-state index contributed by atoms with van der Waals surface area (Å²) in [7, 11) is -4.09. The summed E-state index contributed by atoms with van der Waals surface area (Å²) < 4.78 is 84.2. The Labute approximate surface area is 268 Å². The Morgan fingerprint density at radius 3 is 2.45 bits per heavy atom. The zero-order valence-corrected chi connectivity index (χ0v) is 26.7. The lowest BCUT2D eigenvalue weighted by Crippen LogP contribution is -2.48. The number of halogens is 3. The molecule has 0 aliphatic carbocycles. The number of para-hydroxylation sites is 1. The van der Waals surface area contributed by atoms with E-state index >= 15 is 0 Å². The number of ether oxygens (including phenoxy) is 2. The van der Waals surface area contributed by atoms with Crippen LogP contribution in [0.15, 0.2) is 51.9 Å². The molecule has 2 saturated heterocycles. The minimum Gasteiger partial charge on any atom is -0.455 e. The van der Waals surface area contributed by atoms with Crippen LogP contribution in [0.25, 0.3) is 11.4 Å². The molecule has 0 spiro atoms. The highest BCUT2D eigenvalue weighted by atomic mass is 32.2. The van der Waals surface area contributed by atoms with Crippen LogP contribution in [0.5, 0.6) is 11.5 Å². The molecule has 13 nitrogen and oxygen atoms in total. The number of hydrogen-bond donors (Lipinski definition) is 1. The first-order chi connectivity index (χ1) is 22.1. The number of carbonyl (C=O) groups is 2. The number of morpholine rings is 1. The van der Waals surface area contributed by atoms with Gasteiger partial charge in [0.1, 0.15) is 28.5 Å². The van der Waals surface area contributed by atoms with Crippen molar-refractivity contribution < 1.29 is 50.3 Å². The number of urea groups is 1. The highest BCUT2D eigenvalue weighted by molar-refractivity contribution is 7.91. The predicted octanol–water partition coefficient (Wildman–Crippen LogP) is 3.58. The second-order valence-electron chi connectivity index (χ2n) is 11.7. The molecule has 17 heteroatoms. The van der Waals surface area contributed by atoms with Gasteiger partial charge >= 0.3 is 12.2 Å². The Morgan fingerprint density at radius 2 is 1.77 bits per heavy atom. The highest BCUT2D eigenvalue weighted by Gasteiger charge is 2.51. The van der Waals surface area contributed by atoms with Crippen molar-refractivity contribution in [2.45, 2.75) is 50.0 Å². The molecular weight excluding hydrogens is 647 g/mol. The van der Waals surface area contributed by atoms with Crippen molar-refractivity contribution in [3.63, 3.8) is 0 Å². The number of aliphatic hydroxyl groups is 1. The van der Waals surface area contributed by atoms with Gasteiger partial charge in [0.2, 0.25) is 11.7 Å². The van der Waals surface area contributed by atoms with E-state index in [1.54, 1.807) is 13.8 Å². The molecule has 2 aromatic carbocycles. The van der Waals surface area contributed by atoms with Crippen LogP contribution in [0.1, 0.15) is 32.2 Å². The fourth-order valence-electron chi connectivity index (χ4n) is 5.37. The van der Waals surface area contributed by atoms with Crippen LogP contribution < -0.4 is 4.74 Å². The maximum Gasteiger partial charge on any atom is 0.420 e. The lowest BCUT2D eigenvalue weighted by molar-refractivity contribution is -0.138. The van der Waals surface area contributed by atoms with Crippen LogP contribution >= 0.6 is 0 Å². The molecule has 3 heterocycles. The molecule has 1 unspecified atom stereocenters. The van der Waals surface area contributed by atoms with Crippen molar-refractivity contribution in [2.75, 3.05) is 45.1 Å². The molecule has 1 N–H and O–H groups in total. The lowest BCUT2D eigenvalue weighted by atomic mass is 10.0. The molecule has 3 amide bonds. The topological polar surface area (TPSA) is 156 Å². The van der Waals surface area contributed by atoms with Gasteiger partial charge in [0.15, 0.2) is 9.84 Å². The number of hydrogen-bond acceptors (Lipinski definition) is 11. The molecule has 3 aromatic rings. The highest BCUT2D eigenvalue weighted by Crippen LogP contribution is 2.41. The summed E-state index contributed by atoms with van der Waals surface area (Å²) >= 11 is 0. The van der Waals surface area contributed by atoms with Gasteiger partial charge in [-0.25, -0.2) is 13.2 Å². The first kappa shape index (κ1) is 34.3. The summed E-state index contributed by atoms with van der Waals surface area (Å²) in [6.45, 7) is 7.62. The molecule has 254 valence electrons. The number of benzene rings is 2. The molecular formula is C30H34F3N5O8S. The van der Waals surface area contributed by atoms with Gasteiger partial charge < -0.3 is 24.0 Å². The Bertz CT molecular complexity index is 1740. The van der Waals surface area contributed by atoms with Crippen molar-refractivity contribution in [1.82, 2.24) is 24.8 Å². The number of aromatic nitrogens is 2. The maximum atomic E-state index is 14.2. The molecule has 0 radical (unpaired) electrons. The molecule has 0 saturated carbocycles. The molecule has 1 aromatic heterocycles. The smallest absolute Gasteiger partial charge is 0.420 e. The minimum atomic E-state index is -4.93. The largest absolute Gasteiger partial charge is 0.455 e. The number of sulfone groups is 1. The first-order valence-corrected chi connectivity index (χ1v) is 16.4. The van der Waals surface area contributed by atoms with E-state index < -0.39 is 56.7 Å². The Hall–Kier alpha value is -4.06. The van der Waals surface area contributed by atoms with Gasteiger partial charge in [-0.05, 0) is 51.1 Å². The van der Waals surface area contributed by atoms with E-state index in [0.29, 0.717) is 39.4 Å². The fraction of sp³-hybridized carbons (Fsp3) is 0.467. The third kappa shape index (κ3) is 7.42. The van der Waals surface area contributed by atoms with E-state index in [9.17, 15) is 36.3 Å². The average molecular weight is 682 g/mol. The van der Waals surface area contributed by atoms with Gasteiger partial charge in [0.25, 0.3) is 5.91 Å². The van der Waals surface area contributed by atoms with Crippen molar-refractivity contribution in [3.05, 3.63) is 53.9 Å². The summed E-state index contributed by atoms with van der Waals surface area (Å²) in [5.41, 5.74) is -2.49. The first-order valence-electron chi connectivity index (χ1n) is 14.7. The second-order valence-corrected chi connectivity index (χ2v) is 13.7. The molecule has 2 aliphatic rings. The Kier molecular flexibility index (Phi) is 9.64. The van der Waals surface area contributed by atoms with E-state index in [2.05, 4.69) is 15.0 Å². The Morgan fingerprint density at radius 1 is 1.06 bits per heavy atom. The van der Waals surface area contributed by atoms with E-state index in [1.807, 2.05) is 0 Å². The Balaban J connectivity index is 1.35. The number of nitrogens with zero attached hydrogens (tertiary/aromatic N) is 5. The molecule has 1 atom stereocenters. The number of imide groups is 1. The number of rotatable bonds is 11. The summed E-state index contributed by atoms with van der Waals surface area (Å²) in [5, 5.41) is 13.4. The molecule has 47 heavy (non-hydrogen) atoms. The monoisotopic (exact) mass is 681 g/mol. The van der Waals surface area contributed by atoms with E-state index in [4.69, 9.17) is 14.0 Å². The summed E-state index contributed by atoms with van der Waals surface area (Å²) in [4.78, 5) is 34.8. The van der Waals surface area contributed by atoms with Gasteiger partial charge in [0.05, 0.1) is 30.6 Å². The van der Waals surface area contributed by atoms with Crippen LogP contribution in [0.3, 0.4) is 0 Å². The summed E-state index contributed by atoms with van der Waals surface area (Å²) in [6.07, 6.45) is -6.15. The van der Waals surface area contributed by atoms with Gasteiger partial charge in [-0.2, -0.15) is 18.2 Å². The summed E-state index contributed by atoms with van der Waals surface area (Å²) in [6, 6.07) is 7.57. The standard InChI is InChI=1S/C30H34F3N5O8S/c1-19(39)18-47(42,43)24-7-5-4-6-23(24)45-22-9-8-20(16-21(22)30(31,32)33)26-34-25(46-35-26)17-37-27(40)29(2,3)38(28(37)41)11-10-36-12-14-44-15-13-36/h4-9,16,19,39H,10-15,17-18H2,1-3H3. The van der Waals surface area contributed by atoms with Gasteiger partial charge in [0, 0.05) is 31.7 Å². The molecule has 2 aliphatic heterocycles. The van der Waals surface area contributed by atoms with Crippen LogP contribution in [-0.2, 0) is 32.1 Å². The SMILES string of the molecule is CC(O)CS(=O)(=O)c1ccccc1Oc1ccc(-c2noc(CN3C(=O)N(CCN4CCOCC4)C(C)(C)C3=O)n2)cc1C(F)(F)F. The van der Waals surface area contributed by atoms with E-state index in [1.165, 1.54) is 42.2 Å². The third-order valence-corrected chi connectivity index (χ3v) is 9.75. The van der Waals surface area contributed by atoms with Crippen molar-refractivity contribution >= 4 is 21.8 Å².